The summed E-state index contributed by atoms with van der Waals surface area (Å²) in [5.41, 5.74) is 2.69. The lowest BCUT2D eigenvalue weighted by atomic mass is 10.2. The third kappa shape index (κ3) is 3.29. The van der Waals surface area contributed by atoms with Crippen LogP contribution >= 0.6 is 11.3 Å². The number of amides is 1. The van der Waals surface area contributed by atoms with Crippen LogP contribution in [0.5, 0.6) is 0 Å². The summed E-state index contributed by atoms with van der Waals surface area (Å²) in [4.78, 5) is 18.4. The molecule has 5 nitrogen and oxygen atoms in total. The van der Waals surface area contributed by atoms with Crippen LogP contribution in [0.4, 0.5) is 5.69 Å². The van der Waals surface area contributed by atoms with Gasteiger partial charge in [-0.25, -0.2) is 13.4 Å². The van der Waals surface area contributed by atoms with Crippen LogP contribution in [0.3, 0.4) is 0 Å². The summed E-state index contributed by atoms with van der Waals surface area (Å²) in [7, 11) is -3.56. The average Bonchev–Trinajstić information content (AvgIpc) is 3.16. The first-order valence-corrected chi connectivity index (χ1v) is 10.6. The maximum atomic E-state index is 12.5. The molecule has 4 rings (SSSR count). The molecule has 0 saturated carbocycles. The van der Waals surface area contributed by atoms with Crippen molar-refractivity contribution in [3.8, 4) is 0 Å². The van der Waals surface area contributed by atoms with Gasteiger partial charge in [0.1, 0.15) is 16.5 Å². The monoisotopic (exact) mass is 372 g/mol. The third-order valence-corrected chi connectivity index (χ3v) is 6.83. The number of para-hydroxylation sites is 2. The quantitative estimate of drug-likeness (QED) is 0.706. The van der Waals surface area contributed by atoms with Crippen molar-refractivity contribution in [3.63, 3.8) is 0 Å². The second-order valence-electron chi connectivity index (χ2n) is 6.03. The lowest BCUT2D eigenvalue weighted by molar-refractivity contribution is -0.116. The molecule has 0 fully saturated rings. The molecule has 1 aromatic heterocycles. The maximum Gasteiger partial charge on any atom is 0.242 e. The van der Waals surface area contributed by atoms with Crippen LogP contribution in [0.25, 0.3) is 10.2 Å². The fourth-order valence-corrected chi connectivity index (χ4v) is 5.70. The molecule has 25 heavy (non-hydrogen) atoms. The number of carbonyl (C=O) groups is 1. The molecule has 2 heterocycles. The summed E-state index contributed by atoms with van der Waals surface area (Å²) in [6.45, 7) is 0.537. The van der Waals surface area contributed by atoms with Gasteiger partial charge < -0.3 is 4.90 Å². The second kappa shape index (κ2) is 6.24. The van der Waals surface area contributed by atoms with Gasteiger partial charge in [0.2, 0.25) is 5.91 Å². The van der Waals surface area contributed by atoms with E-state index in [-0.39, 0.29) is 11.7 Å². The average molecular weight is 372 g/mol. The van der Waals surface area contributed by atoms with Crippen LogP contribution in [0.15, 0.2) is 48.5 Å². The van der Waals surface area contributed by atoms with Crippen LogP contribution < -0.4 is 4.90 Å². The zero-order chi connectivity index (χ0) is 17.4. The van der Waals surface area contributed by atoms with Crippen molar-refractivity contribution in [1.82, 2.24) is 4.98 Å². The molecular weight excluding hydrogens is 356 g/mol. The molecule has 1 amide bonds. The molecule has 1 aliphatic heterocycles. The molecule has 128 valence electrons. The molecule has 0 atom stereocenters. The van der Waals surface area contributed by atoms with E-state index in [9.17, 15) is 13.2 Å². The van der Waals surface area contributed by atoms with Gasteiger partial charge in [0.05, 0.1) is 10.2 Å². The zero-order valence-corrected chi connectivity index (χ0v) is 15.0. The molecule has 1 aliphatic rings. The van der Waals surface area contributed by atoms with E-state index in [0.29, 0.717) is 11.6 Å². The summed E-state index contributed by atoms with van der Waals surface area (Å²) in [6.07, 6.45) is 0.764. The first-order chi connectivity index (χ1) is 12.0. The number of nitrogens with zero attached hydrogens (tertiary/aromatic N) is 2. The SMILES string of the molecule is O=C(CS(=O)(=O)Cc1nc2ccccc2s1)N1CCc2ccccc21. The number of fused-ring (bicyclic) bond motifs is 2. The van der Waals surface area contributed by atoms with Crippen molar-refractivity contribution >= 4 is 43.0 Å². The van der Waals surface area contributed by atoms with Gasteiger partial charge in [-0.3, -0.25) is 4.79 Å². The molecule has 0 N–H and O–H groups in total. The van der Waals surface area contributed by atoms with Gasteiger partial charge >= 0.3 is 0 Å². The van der Waals surface area contributed by atoms with Crippen molar-refractivity contribution in [3.05, 3.63) is 59.1 Å². The highest BCUT2D eigenvalue weighted by Crippen LogP contribution is 2.28. The lowest BCUT2D eigenvalue weighted by Crippen LogP contribution is -2.34. The van der Waals surface area contributed by atoms with Crippen molar-refractivity contribution in [1.29, 1.82) is 0 Å². The number of hydrogen-bond donors (Lipinski definition) is 0. The summed E-state index contributed by atoms with van der Waals surface area (Å²) in [5.74, 6) is -1.06. The highest BCUT2D eigenvalue weighted by molar-refractivity contribution is 7.91. The number of rotatable bonds is 4. The van der Waals surface area contributed by atoms with Gasteiger partial charge in [0, 0.05) is 12.2 Å². The highest BCUT2D eigenvalue weighted by Gasteiger charge is 2.28. The van der Waals surface area contributed by atoms with E-state index in [0.717, 1.165) is 27.9 Å². The zero-order valence-electron chi connectivity index (χ0n) is 13.4. The number of thiazole rings is 1. The number of carbonyl (C=O) groups excluding carboxylic acids is 1. The summed E-state index contributed by atoms with van der Waals surface area (Å²) >= 11 is 1.36. The Kier molecular flexibility index (Phi) is 4.05. The smallest absolute Gasteiger partial charge is 0.242 e. The Bertz CT molecular complexity index is 1020. The molecule has 0 spiro atoms. The second-order valence-corrected chi connectivity index (χ2v) is 9.21. The third-order valence-electron chi connectivity index (χ3n) is 4.21. The van der Waals surface area contributed by atoms with E-state index in [1.165, 1.54) is 11.3 Å². The van der Waals surface area contributed by atoms with Crippen molar-refractivity contribution in [2.75, 3.05) is 17.2 Å². The molecule has 0 radical (unpaired) electrons. The van der Waals surface area contributed by atoms with Crippen LogP contribution in [0.2, 0.25) is 0 Å². The van der Waals surface area contributed by atoms with Crippen molar-refractivity contribution in [2.24, 2.45) is 0 Å². The van der Waals surface area contributed by atoms with Crippen molar-refractivity contribution < 1.29 is 13.2 Å². The van der Waals surface area contributed by atoms with Crippen LogP contribution in [-0.2, 0) is 26.8 Å². The van der Waals surface area contributed by atoms with E-state index < -0.39 is 15.6 Å². The van der Waals surface area contributed by atoms with Gasteiger partial charge in [-0.2, -0.15) is 0 Å². The van der Waals surface area contributed by atoms with Crippen molar-refractivity contribution in [2.45, 2.75) is 12.2 Å². The molecule has 0 unspecified atom stereocenters. The van der Waals surface area contributed by atoms with Gasteiger partial charge in [-0.15, -0.1) is 11.3 Å². The molecule has 3 aromatic rings. The van der Waals surface area contributed by atoms with E-state index in [1.54, 1.807) is 4.90 Å². The number of sulfone groups is 1. The Balaban J connectivity index is 1.50. The van der Waals surface area contributed by atoms with E-state index >= 15 is 0 Å². The molecular formula is C18H16N2O3S2. The Labute approximate surface area is 149 Å². The summed E-state index contributed by atoms with van der Waals surface area (Å²) < 4.78 is 25.9. The Morgan fingerprint density at radius 1 is 1.12 bits per heavy atom. The number of aromatic nitrogens is 1. The summed E-state index contributed by atoms with van der Waals surface area (Å²) in [5, 5.41) is 0.524. The molecule has 2 aromatic carbocycles. The first kappa shape index (κ1) is 16.2. The highest BCUT2D eigenvalue weighted by atomic mass is 32.2. The van der Waals surface area contributed by atoms with E-state index in [4.69, 9.17) is 0 Å². The molecule has 0 saturated heterocycles. The molecule has 0 bridgehead atoms. The molecule has 7 heteroatoms. The van der Waals surface area contributed by atoms with E-state index in [2.05, 4.69) is 4.98 Å². The Hall–Kier alpha value is -2.25. The van der Waals surface area contributed by atoms with Gasteiger partial charge in [0.25, 0.3) is 0 Å². The number of hydrogen-bond acceptors (Lipinski definition) is 5. The summed E-state index contributed by atoms with van der Waals surface area (Å²) in [6, 6.07) is 15.2. The molecule has 0 aliphatic carbocycles. The topological polar surface area (TPSA) is 67.3 Å². The van der Waals surface area contributed by atoms with Crippen LogP contribution in [0, 0.1) is 0 Å². The van der Waals surface area contributed by atoms with Crippen LogP contribution in [-0.4, -0.2) is 31.6 Å². The maximum absolute atomic E-state index is 12.5. The first-order valence-electron chi connectivity index (χ1n) is 7.95. The minimum absolute atomic E-state index is 0.201. The normalized spacial score (nSPS) is 14.0. The van der Waals surface area contributed by atoms with E-state index in [1.807, 2.05) is 48.5 Å². The van der Waals surface area contributed by atoms with Gasteiger partial charge in [-0.1, -0.05) is 30.3 Å². The minimum atomic E-state index is -3.56. The standard InChI is InChI=1S/C18H16N2O3S2/c21-18(20-10-9-13-5-1-3-7-15(13)20)12-25(22,23)11-17-19-14-6-2-4-8-16(14)24-17/h1-8H,9-12H2. The van der Waals surface area contributed by atoms with Gasteiger partial charge in [0.15, 0.2) is 9.84 Å². The number of benzene rings is 2. The largest absolute Gasteiger partial charge is 0.311 e. The van der Waals surface area contributed by atoms with Gasteiger partial charge in [-0.05, 0) is 30.2 Å². The number of anilines is 1. The minimum Gasteiger partial charge on any atom is -0.311 e. The fourth-order valence-electron chi connectivity index (χ4n) is 3.08. The predicted molar refractivity (Wildman–Crippen MR) is 99.6 cm³/mol. The Morgan fingerprint density at radius 3 is 2.72 bits per heavy atom. The van der Waals surface area contributed by atoms with Crippen LogP contribution in [0.1, 0.15) is 10.6 Å². The lowest BCUT2D eigenvalue weighted by Gasteiger charge is -2.17. The fraction of sp³-hybridized carbons (Fsp3) is 0.222. The Morgan fingerprint density at radius 2 is 1.88 bits per heavy atom. The predicted octanol–water partition coefficient (Wildman–Crippen LogP) is 2.80.